The molecule has 0 aromatic heterocycles. The highest BCUT2D eigenvalue weighted by molar-refractivity contribution is 5.59. The molecule has 0 aliphatic heterocycles. The largest absolute Gasteiger partial charge is 0.416 e. The van der Waals surface area contributed by atoms with Gasteiger partial charge in [0.05, 0.1) is 16.8 Å². The molecule has 0 heterocycles. The van der Waals surface area contributed by atoms with Gasteiger partial charge in [0, 0.05) is 6.04 Å². The average Bonchev–Trinajstić information content (AvgIpc) is 2.26. The van der Waals surface area contributed by atoms with Crippen molar-refractivity contribution in [2.45, 2.75) is 32.0 Å². The van der Waals surface area contributed by atoms with Crippen molar-refractivity contribution in [3.8, 4) is 6.07 Å². The number of alkyl halides is 3. The molecule has 0 unspecified atom stereocenters. The number of hydrogen-bond donors (Lipinski definition) is 1. The summed E-state index contributed by atoms with van der Waals surface area (Å²) in [6.07, 6.45) is -2.42. The molecule has 0 amide bonds. The number of hydrogen-bond acceptors (Lipinski definition) is 2. The van der Waals surface area contributed by atoms with Crippen molar-refractivity contribution in [1.29, 1.82) is 5.26 Å². The highest BCUT2D eigenvalue weighted by atomic mass is 19.4. The minimum atomic E-state index is -4.41. The third-order valence-corrected chi connectivity index (χ3v) is 3.20. The van der Waals surface area contributed by atoms with Crippen LogP contribution in [0.1, 0.15) is 30.9 Å². The molecule has 1 fully saturated rings. The highest BCUT2D eigenvalue weighted by Crippen LogP contribution is 2.34. The normalized spacial score (nSPS) is 23.1. The van der Waals surface area contributed by atoms with Gasteiger partial charge in [-0.1, -0.05) is 6.92 Å². The van der Waals surface area contributed by atoms with E-state index in [1.54, 1.807) is 0 Å². The van der Waals surface area contributed by atoms with Gasteiger partial charge in [-0.05, 0) is 37.0 Å². The molecule has 2 nitrogen and oxygen atoms in total. The van der Waals surface area contributed by atoms with Gasteiger partial charge in [-0.2, -0.15) is 18.4 Å². The van der Waals surface area contributed by atoms with Crippen molar-refractivity contribution in [2.75, 3.05) is 5.32 Å². The van der Waals surface area contributed by atoms with E-state index in [0.29, 0.717) is 11.6 Å². The maximum atomic E-state index is 12.5. The fourth-order valence-corrected chi connectivity index (χ4v) is 2.18. The van der Waals surface area contributed by atoms with Gasteiger partial charge in [0.1, 0.15) is 6.07 Å². The molecular weight excluding hydrogens is 241 g/mol. The smallest absolute Gasteiger partial charge is 0.381 e. The monoisotopic (exact) mass is 254 g/mol. The van der Waals surface area contributed by atoms with Crippen LogP contribution in [0, 0.1) is 17.2 Å². The van der Waals surface area contributed by atoms with Crippen LogP contribution in [0.2, 0.25) is 0 Å². The topological polar surface area (TPSA) is 35.8 Å². The molecular formula is C13H13F3N2. The van der Waals surface area contributed by atoms with E-state index in [1.165, 1.54) is 6.07 Å². The zero-order chi connectivity index (χ0) is 13.3. The van der Waals surface area contributed by atoms with Crippen molar-refractivity contribution < 1.29 is 13.2 Å². The molecule has 1 aliphatic rings. The van der Waals surface area contributed by atoms with Crippen molar-refractivity contribution in [2.24, 2.45) is 5.92 Å². The lowest BCUT2D eigenvalue weighted by atomic mass is 9.81. The molecule has 0 bridgehead atoms. The quantitative estimate of drug-likeness (QED) is 0.871. The molecule has 1 saturated carbocycles. The first-order valence-corrected chi connectivity index (χ1v) is 5.78. The van der Waals surface area contributed by atoms with E-state index in [4.69, 9.17) is 5.26 Å². The predicted molar refractivity (Wildman–Crippen MR) is 62.0 cm³/mol. The summed E-state index contributed by atoms with van der Waals surface area (Å²) in [5.74, 6) is 0.641. The molecule has 2 rings (SSSR count). The van der Waals surface area contributed by atoms with Crippen LogP contribution in [0.3, 0.4) is 0 Å². The zero-order valence-corrected chi connectivity index (χ0v) is 9.88. The van der Waals surface area contributed by atoms with Crippen LogP contribution in [-0.2, 0) is 6.18 Å². The summed E-state index contributed by atoms with van der Waals surface area (Å²) in [7, 11) is 0. The molecule has 5 heteroatoms. The zero-order valence-electron chi connectivity index (χ0n) is 9.88. The van der Waals surface area contributed by atoms with Crippen LogP contribution in [0.5, 0.6) is 0 Å². The highest BCUT2D eigenvalue weighted by Gasteiger charge is 2.31. The number of halogens is 3. The van der Waals surface area contributed by atoms with Gasteiger partial charge in [-0.25, -0.2) is 0 Å². The third kappa shape index (κ3) is 2.58. The van der Waals surface area contributed by atoms with Gasteiger partial charge in [0.15, 0.2) is 0 Å². The van der Waals surface area contributed by atoms with Crippen LogP contribution in [0.4, 0.5) is 18.9 Å². The van der Waals surface area contributed by atoms with Crippen LogP contribution in [0.25, 0.3) is 0 Å². The molecule has 1 aliphatic carbocycles. The van der Waals surface area contributed by atoms with Gasteiger partial charge in [0.2, 0.25) is 0 Å². The average molecular weight is 254 g/mol. The Morgan fingerprint density at radius 1 is 1.33 bits per heavy atom. The maximum Gasteiger partial charge on any atom is 0.416 e. The fourth-order valence-electron chi connectivity index (χ4n) is 2.18. The summed E-state index contributed by atoms with van der Waals surface area (Å²) in [6, 6.07) is 5.31. The molecule has 96 valence electrons. The van der Waals surface area contributed by atoms with Gasteiger partial charge in [-0.3, -0.25) is 0 Å². The number of rotatable bonds is 2. The molecule has 1 aromatic rings. The predicted octanol–water partition coefficient (Wildman–Crippen LogP) is 3.79. The van der Waals surface area contributed by atoms with Crippen molar-refractivity contribution in [3.63, 3.8) is 0 Å². The minimum absolute atomic E-state index is 0.0457. The number of nitrogens with zero attached hydrogens (tertiary/aromatic N) is 1. The lowest BCUT2D eigenvalue weighted by Gasteiger charge is -2.34. The standard InChI is InChI=1S/C13H13F3N2/c1-8-4-11(5-8)18-12-3-2-10(13(14,15)16)6-9(12)7-17/h2-3,6,8,11,18H,4-5H2,1H3. The fraction of sp³-hybridized carbons (Fsp3) is 0.462. The van der Waals surface area contributed by atoms with E-state index in [2.05, 4.69) is 12.2 Å². The van der Waals surface area contributed by atoms with Gasteiger partial charge in [-0.15, -0.1) is 0 Å². The van der Waals surface area contributed by atoms with E-state index >= 15 is 0 Å². The Bertz CT molecular complexity index is 482. The first kappa shape index (κ1) is 12.7. The number of nitriles is 1. The second-order valence-corrected chi connectivity index (χ2v) is 4.79. The number of anilines is 1. The Hall–Kier alpha value is -1.70. The first-order chi connectivity index (χ1) is 8.40. The van der Waals surface area contributed by atoms with E-state index in [-0.39, 0.29) is 11.6 Å². The van der Waals surface area contributed by atoms with Gasteiger partial charge >= 0.3 is 6.18 Å². The van der Waals surface area contributed by atoms with E-state index in [9.17, 15) is 13.2 Å². The summed E-state index contributed by atoms with van der Waals surface area (Å²) in [5, 5.41) is 12.0. The van der Waals surface area contributed by atoms with Crippen LogP contribution in [-0.4, -0.2) is 6.04 Å². The molecule has 1 N–H and O–H groups in total. The van der Waals surface area contributed by atoms with Gasteiger partial charge < -0.3 is 5.32 Å². The number of nitrogens with one attached hydrogen (secondary N) is 1. The van der Waals surface area contributed by atoms with Crippen molar-refractivity contribution in [3.05, 3.63) is 29.3 Å². The lowest BCUT2D eigenvalue weighted by Crippen LogP contribution is -2.34. The van der Waals surface area contributed by atoms with Crippen molar-refractivity contribution in [1.82, 2.24) is 0 Å². The van der Waals surface area contributed by atoms with E-state index in [1.807, 2.05) is 6.07 Å². The second-order valence-electron chi connectivity index (χ2n) is 4.79. The van der Waals surface area contributed by atoms with Gasteiger partial charge in [0.25, 0.3) is 0 Å². The van der Waals surface area contributed by atoms with E-state index in [0.717, 1.165) is 25.0 Å². The maximum absolute atomic E-state index is 12.5. The van der Waals surface area contributed by atoms with Crippen LogP contribution >= 0.6 is 0 Å². The Balaban J connectivity index is 2.19. The summed E-state index contributed by atoms with van der Waals surface area (Å²) >= 11 is 0. The summed E-state index contributed by atoms with van der Waals surface area (Å²) < 4.78 is 37.5. The van der Waals surface area contributed by atoms with E-state index < -0.39 is 11.7 Å². The van der Waals surface area contributed by atoms with Crippen LogP contribution in [0.15, 0.2) is 18.2 Å². The summed E-state index contributed by atoms with van der Waals surface area (Å²) in [5.41, 5.74) is -0.252. The Kier molecular flexibility index (Phi) is 3.20. The lowest BCUT2D eigenvalue weighted by molar-refractivity contribution is -0.137. The number of benzene rings is 1. The first-order valence-electron chi connectivity index (χ1n) is 5.78. The molecule has 18 heavy (non-hydrogen) atoms. The summed E-state index contributed by atoms with van der Waals surface area (Å²) in [4.78, 5) is 0. The third-order valence-electron chi connectivity index (χ3n) is 3.20. The molecule has 0 spiro atoms. The molecule has 0 saturated heterocycles. The molecule has 1 aromatic carbocycles. The molecule has 0 radical (unpaired) electrons. The SMILES string of the molecule is CC1CC(Nc2ccc(C(F)(F)F)cc2C#N)C1. The second kappa shape index (κ2) is 4.52. The van der Waals surface area contributed by atoms with Crippen molar-refractivity contribution >= 4 is 5.69 Å². The Labute approximate surface area is 103 Å². The Morgan fingerprint density at radius 2 is 2.00 bits per heavy atom. The molecule has 0 atom stereocenters. The Morgan fingerprint density at radius 3 is 2.50 bits per heavy atom. The summed E-state index contributed by atoms with van der Waals surface area (Å²) in [6.45, 7) is 2.12. The van der Waals surface area contributed by atoms with Crippen LogP contribution < -0.4 is 5.32 Å². The minimum Gasteiger partial charge on any atom is -0.381 e.